The number of carbonyl (C=O) groups is 1. The van der Waals surface area contributed by atoms with Crippen LogP contribution in [0.4, 0.5) is 18.0 Å². The molecule has 0 bridgehead atoms. The van der Waals surface area contributed by atoms with Crippen LogP contribution in [-0.4, -0.2) is 62.0 Å². The van der Waals surface area contributed by atoms with Crippen molar-refractivity contribution in [3.05, 3.63) is 59.7 Å². The van der Waals surface area contributed by atoms with Gasteiger partial charge < -0.3 is 19.7 Å². The Morgan fingerprint density at radius 1 is 1.03 bits per heavy atom. The van der Waals surface area contributed by atoms with Gasteiger partial charge in [-0.15, -0.1) is 13.2 Å². The van der Waals surface area contributed by atoms with Crippen molar-refractivity contribution in [3.63, 3.8) is 0 Å². The van der Waals surface area contributed by atoms with Crippen LogP contribution in [0.25, 0.3) is 0 Å². The summed E-state index contributed by atoms with van der Waals surface area (Å²) >= 11 is 0. The lowest BCUT2D eigenvalue weighted by Crippen LogP contribution is -2.51. The number of carbonyl (C=O) groups excluding carboxylic acids is 1. The Kier molecular flexibility index (Phi) is 7.62. The molecule has 168 valence electrons. The standard InChI is InChI=1S/C22H26F3N3O3/c1-30-19-8-6-17(7-9-19)10-11-27-12-14-28(15-13-27)21(29)26-16-18-4-2-3-5-20(18)31-22(23,24)25/h2-9H,10-16H2,1H3,(H,26,29). The number of ether oxygens (including phenoxy) is 2. The summed E-state index contributed by atoms with van der Waals surface area (Å²) in [5.41, 5.74) is 1.49. The van der Waals surface area contributed by atoms with E-state index in [1.807, 2.05) is 24.3 Å². The van der Waals surface area contributed by atoms with Crippen LogP contribution >= 0.6 is 0 Å². The van der Waals surface area contributed by atoms with Gasteiger partial charge in [-0.1, -0.05) is 30.3 Å². The van der Waals surface area contributed by atoms with Crippen molar-refractivity contribution in [2.24, 2.45) is 0 Å². The van der Waals surface area contributed by atoms with Crippen LogP contribution in [0, 0.1) is 0 Å². The average molecular weight is 437 g/mol. The molecule has 0 radical (unpaired) electrons. The van der Waals surface area contributed by atoms with E-state index in [-0.39, 0.29) is 23.9 Å². The Labute approximate surface area is 179 Å². The van der Waals surface area contributed by atoms with Gasteiger partial charge in [0, 0.05) is 44.8 Å². The summed E-state index contributed by atoms with van der Waals surface area (Å²) in [5, 5.41) is 2.69. The van der Waals surface area contributed by atoms with Gasteiger partial charge in [0.2, 0.25) is 0 Å². The highest BCUT2D eigenvalue weighted by Gasteiger charge is 2.32. The van der Waals surface area contributed by atoms with Crippen LogP contribution in [-0.2, 0) is 13.0 Å². The number of para-hydroxylation sites is 1. The molecule has 1 fully saturated rings. The zero-order valence-electron chi connectivity index (χ0n) is 17.3. The Morgan fingerprint density at radius 3 is 2.35 bits per heavy atom. The minimum atomic E-state index is -4.78. The number of methoxy groups -OCH3 is 1. The van der Waals surface area contributed by atoms with E-state index in [9.17, 15) is 18.0 Å². The lowest BCUT2D eigenvalue weighted by Gasteiger charge is -2.34. The molecule has 0 aliphatic carbocycles. The SMILES string of the molecule is COc1ccc(CCN2CCN(C(=O)NCc3ccccc3OC(F)(F)F)CC2)cc1. The molecule has 0 spiro atoms. The quantitative estimate of drug-likeness (QED) is 0.718. The maximum absolute atomic E-state index is 12.5. The molecule has 0 aromatic heterocycles. The fourth-order valence-corrected chi connectivity index (χ4v) is 3.41. The topological polar surface area (TPSA) is 54.0 Å². The number of benzene rings is 2. The molecule has 6 nitrogen and oxygen atoms in total. The van der Waals surface area contributed by atoms with Gasteiger partial charge in [-0.05, 0) is 30.2 Å². The summed E-state index contributed by atoms with van der Waals surface area (Å²) in [6.45, 7) is 3.48. The number of amides is 2. The molecular formula is C22H26F3N3O3. The van der Waals surface area contributed by atoms with Crippen molar-refractivity contribution in [2.75, 3.05) is 39.8 Å². The number of rotatable bonds is 7. The molecule has 2 aromatic carbocycles. The molecule has 1 aliphatic heterocycles. The van der Waals surface area contributed by atoms with Crippen molar-refractivity contribution in [2.45, 2.75) is 19.3 Å². The van der Waals surface area contributed by atoms with Gasteiger partial charge in [0.1, 0.15) is 11.5 Å². The van der Waals surface area contributed by atoms with Gasteiger partial charge in [0.25, 0.3) is 0 Å². The first-order valence-electron chi connectivity index (χ1n) is 10.1. The van der Waals surface area contributed by atoms with E-state index >= 15 is 0 Å². The maximum atomic E-state index is 12.5. The van der Waals surface area contributed by atoms with Crippen LogP contribution in [0.1, 0.15) is 11.1 Å². The van der Waals surface area contributed by atoms with E-state index in [1.54, 1.807) is 18.1 Å². The summed E-state index contributed by atoms with van der Waals surface area (Å²) in [5.74, 6) is 0.523. The molecule has 9 heteroatoms. The molecule has 1 heterocycles. The fourth-order valence-electron chi connectivity index (χ4n) is 3.41. The van der Waals surface area contributed by atoms with Crippen LogP contribution in [0.2, 0.25) is 0 Å². The van der Waals surface area contributed by atoms with Crippen LogP contribution in [0.5, 0.6) is 11.5 Å². The van der Waals surface area contributed by atoms with Crippen molar-refractivity contribution >= 4 is 6.03 Å². The zero-order chi connectivity index (χ0) is 22.3. The molecule has 0 saturated carbocycles. The molecular weight excluding hydrogens is 411 g/mol. The highest BCUT2D eigenvalue weighted by atomic mass is 19.4. The highest BCUT2D eigenvalue weighted by molar-refractivity contribution is 5.74. The first-order chi connectivity index (χ1) is 14.8. The second kappa shape index (κ2) is 10.4. The first-order valence-corrected chi connectivity index (χ1v) is 10.1. The van der Waals surface area contributed by atoms with E-state index in [0.717, 1.165) is 31.8 Å². The van der Waals surface area contributed by atoms with Crippen molar-refractivity contribution in [1.82, 2.24) is 15.1 Å². The number of hydrogen-bond donors (Lipinski definition) is 1. The van der Waals surface area contributed by atoms with E-state index < -0.39 is 6.36 Å². The molecule has 3 rings (SSSR count). The summed E-state index contributed by atoms with van der Waals surface area (Å²) < 4.78 is 46.8. The van der Waals surface area contributed by atoms with E-state index in [2.05, 4.69) is 15.0 Å². The molecule has 1 aliphatic rings. The second-order valence-electron chi connectivity index (χ2n) is 7.24. The van der Waals surface area contributed by atoms with Crippen molar-refractivity contribution in [3.8, 4) is 11.5 Å². The van der Waals surface area contributed by atoms with Gasteiger partial charge in [-0.2, -0.15) is 0 Å². The number of hydrogen-bond acceptors (Lipinski definition) is 4. The molecule has 1 saturated heterocycles. The summed E-state index contributed by atoms with van der Waals surface area (Å²) in [7, 11) is 1.64. The van der Waals surface area contributed by atoms with E-state index in [1.165, 1.54) is 23.8 Å². The molecule has 31 heavy (non-hydrogen) atoms. The predicted octanol–water partition coefficient (Wildman–Crippen LogP) is 3.66. The Balaban J connectivity index is 1.42. The molecule has 0 atom stereocenters. The first kappa shape index (κ1) is 22.7. The second-order valence-corrected chi connectivity index (χ2v) is 7.24. The van der Waals surface area contributed by atoms with Gasteiger partial charge >= 0.3 is 12.4 Å². The zero-order valence-corrected chi connectivity index (χ0v) is 17.3. The number of nitrogens with zero attached hydrogens (tertiary/aromatic N) is 2. The van der Waals surface area contributed by atoms with Crippen molar-refractivity contribution in [1.29, 1.82) is 0 Å². The average Bonchev–Trinajstić information content (AvgIpc) is 2.76. The minimum absolute atomic E-state index is 0.0389. The number of alkyl halides is 3. The lowest BCUT2D eigenvalue weighted by molar-refractivity contribution is -0.274. The molecule has 0 unspecified atom stereocenters. The smallest absolute Gasteiger partial charge is 0.497 e. The monoisotopic (exact) mass is 437 g/mol. The normalized spacial score (nSPS) is 14.9. The van der Waals surface area contributed by atoms with E-state index in [4.69, 9.17) is 4.74 Å². The van der Waals surface area contributed by atoms with E-state index in [0.29, 0.717) is 13.1 Å². The Morgan fingerprint density at radius 2 is 1.71 bits per heavy atom. The molecule has 2 amide bonds. The lowest BCUT2D eigenvalue weighted by atomic mass is 10.1. The largest absolute Gasteiger partial charge is 0.573 e. The molecule has 1 N–H and O–H groups in total. The van der Waals surface area contributed by atoms with Gasteiger partial charge in [0.05, 0.1) is 7.11 Å². The Hall–Kier alpha value is -2.94. The third kappa shape index (κ3) is 7.06. The Bertz CT molecular complexity index is 851. The van der Waals surface area contributed by atoms with Crippen LogP contribution in [0.15, 0.2) is 48.5 Å². The summed E-state index contributed by atoms with van der Waals surface area (Å²) in [4.78, 5) is 16.4. The number of halogens is 3. The van der Waals surface area contributed by atoms with Crippen LogP contribution in [0.3, 0.4) is 0 Å². The fraction of sp³-hybridized carbons (Fsp3) is 0.409. The number of nitrogens with one attached hydrogen (secondary N) is 1. The molecule has 2 aromatic rings. The third-order valence-corrected chi connectivity index (χ3v) is 5.16. The van der Waals surface area contributed by atoms with Gasteiger partial charge in [-0.3, -0.25) is 4.90 Å². The van der Waals surface area contributed by atoms with Gasteiger partial charge in [-0.25, -0.2) is 4.79 Å². The summed E-state index contributed by atoms with van der Waals surface area (Å²) in [6, 6.07) is 13.5. The number of piperazine rings is 1. The number of urea groups is 1. The van der Waals surface area contributed by atoms with Gasteiger partial charge in [0.15, 0.2) is 0 Å². The minimum Gasteiger partial charge on any atom is -0.497 e. The maximum Gasteiger partial charge on any atom is 0.573 e. The summed E-state index contributed by atoms with van der Waals surface area (Å²) in [6.07, 6.45) is -3.87. The predicted molar refractivity (Wildman–Crippen MR) is 110 cm³/mol. The third-order valence-electron chi connectivity index (χ3n) is 5.16. The van der Waals surface area contributed by atoms with Crippen molar-refractivity contribution < 1.29 is 27.4 Å². The highest BCUT2D eigenvalue weighted by Crippen LogP contribution is 2.26. The van der Waals surface area contributed by atoms with Crippen LogP contribution < -0.4 is 14.8 Å².